The van der Waals surface area contributed by atoms with E-state index in [0.29, 0.717) is 24.2 Å². The molecule has 2 aromatic rings. The zero-order valence-electron chi connectivity index (χ0n) is 11.3. The lowest BCUT2D eigenvalue weighted by Crippen LogP contribution is -2.05. The molecule has 0 saturated carbocycles. The average molecular weight is 258 g/mol. The number of carbonyl (C=O) groups is 1. The first-order valence-corrected chi connectivity index (χ1v) is 6.47. The zero-order chi connectivity index (χ0) is 13.8. The quantitative estimate of drug-likeness (QED) is 0.897. The maximum atomic E-state index is 11.3. The summed E-state index contributed by atoms with van der Waals surface area (Å²) in [7, 11) is 0. The summed E-state index contributed by atoms with van der Waals surface area (Å²) in [6.45, 7) is 4.45. The number of benzene rings is 1. The minimum atomic E-state index is -0.889. The number of aryl methyl sites for hydroxylation is 1. The molecule has 1 N–H and O–H groups in total. The third-order valence-electron chi connectivity index (χ3n) is 3.15. The van der Waals surface area contributed by atoms with Crippen LogP contribution in [0.1, 0.15) is 40.7 Å². The van der Waals surface area contributed by atoms with E-state index >= 15 is 0 Å². The van der Waals surface area contributed by atoms with E-state index in [0.717, 1.165) is 17.7 Å². The Kier molecular flexibility index (Phi) is 4.00. The highest BCUT2D eigenvalue weighted by Crippen LogP contribution is 2.17. The highest BCUT2D eigenvalue weighted by atomic mass is 16.4. The van der Waals surface area contributed by atoms with Gasteiger partial charge in [-0.25, -0.2) is 4.79 Å². The van der Waals surface area contributed by atoms with Crippen LogP contribution in [0.4, 0.5) is 0 Å². The Bertz CT molecular complexity index is 573. The molecule has 0 atom stereocenters. The molecule has 0 fully saturated rings. The summed E-state index contributed by atoms with van der Waals surface area (Å²) in [6, 6.07) is 9.94. The summed E-state index contributed by atoms with van der Waals surface area (Å²) >= 11 is 0. The van der Waals surface area contributed by atoms with Crippen LogP contribution in [-0.2, 0) is 13.0 Å². The first kappa shape index (κ1) is 13.3. The number of nitrogens with zero attached hydrogens (tertiary/aromatic N) is 2. The molecule has 0 aliphatic rings. The Labute approximate surface area is 112 Å². The Morgan fingerprint density at radius 1 is 1.32 bits per heavy atom. The second kappa shape index (κ2) is 5.69. The first-order chi connectivity index (χ1) is 9.13. The lowest BCUT2D eigenvalue weighted by Gasteiger charge is -2.04. The van der Waals surface area contributed by atoms with Gasteiger partial charge in [0.25, 0.3) is 0 Å². The molecule has 2 rings (SSSR count). The van der Waals surface area contributed by atoms with Crippen molar-refractivity contribution in [2.45, 2.75) is 33.2 Å². The smallest absolute Gasteiger partial charge is 0.339 e. The molecule has 0 unspecified atom stereocenters. The predicted molar refractivity (Wildman–Crippen MR) is 73.5 cm³/mol. The van der Waals surface area contributed by atoms with Gasteiger partial charge in [-0.2, -0.15) is 5.10 Å². The maximum absolute atomic E-state index is 11.3. The predicted octanol–water partition coefficient (Wildman–Crippen LogP) is 2.89. The van der Waals surface area contributed by atoms with Gasteiger partial charge >= 0.3 is 5.97 Å². The van der Waals surface area contributed by atoms with E-state index in [2.05, 4.69) is 5.10 Å². The molecule has 0 aliphatic carbocycles. The molecule has 1 heterocycles. The van der Waals surface area contributed by atoms with Crippen LogP contribution in [-0.4, -0.2) is 20.9 Å². The molecule has 0 saturated heterocycles. The van der Waals surface area contributed by atoms with Crippen LogP contribution in [0.3, 0.4) is 0 Å². The molecule has 1 aromatic carbocycles. The molecule has 0 spiro atoms. The zero-order valence-corrected chi connectivity index (χ0v) is 11.3. The van der Waals surface area contributed by atoms with E-state index in [4.69, 9.17) is 0 Å². The molecule has 0 radical (unpaired) electrons. The standard InChI is InChI=1S/C15H18N2O2/c1-3-7-13-14(15(18)19)11(2)17(16-13)10-12-8-5-4-6-9-12/h4-6,8-9H,3,7,10H2,1-2H3,(H,18,19). The highest BCUT2D eigenvalue weighted by Gasteiger charge is 2.19. The van der Waals surface area contributed by atoms with E-state index in [1.165, 1.54) is 0 Å². The molecule has 0 amide bonds. The first-order valence-electron chi connectivity index (χ1n) is 6.47. The van der Waals surface area contributed by atoms with Crippen LogP contribution >= 0.6 is 0 Å². The van der Waals surface area contributed by atoms with Crippen molar-refractivity contribution in [2.24, 2.45) is 0 Å². The van der Waals surface area contributed by atoms with Gasteiger partial charge in [0.15, 0.2) is 0 Å². The van der Waals surface area contributed by atoms with E-state index in [1.807, 2.05) is 44.2 Å². The number of rotatable bonds is 5. The fourth-order valence-electron chi connectivity index (χ4n) is 2.21. The molecule has 1 aromatic heterocycles. The van der Waals surface area contributed by atoms with Crippen molar-refractivity contribution < 1.29 is 9.90 Å². The van der Waals surface area contributed by atoms with Crippen LogP contribution in [0.15, 0.2) is 30.3 Å². The maximum Gasteiger partial charge on any atom is 0.339 e. The van der Waals surface area contributed by atoms with E-state index in [9.17, 15) is 9.90 Å². The number of carboxylic acid groups (broad SMARTS) is 1. The van der Waals surface area contributed by atoms with Gasteiger partial charge in [-0.15, -0.1) is 0 Å². The van der Waals surface area contributed by atoms with Crippen LogP contribution < -0.4 is 0 Å². The molecule has 0 bridgehead atoms. The van der Waals surface area contributed by atoms with E-state index in [1.54, 1.807) is 4.68 Å². The van der Waals surface area contributed by atoms with Crippen molar-refractivity contribution in [3.05, 3.63) is 52.8 Å². The Balaban J connectivity index is 2.36. The van der Waals surface area contributed by atoms with Gasteiger partial charge in [0.1, 0.15) is 5.56 Å². The van der Waals surface area contributed by atoms with Crippen molar-refractivity contribution in [1.29, 1.82) is 0 Å². The van der Waals surface area contributed by atoms with Crippen molar-refractivity contribution in [1.82, 2.24) is 9.78 Å². The van der Waals surface area contributed by atoms with Crippen LogP contribution in [0, 0.1) is 6.92 Å². The molecular formula is C15H18N2O2. The lowest BCUT2D eigenvalue weighted by atomic mass is 10.1. The minimum Gasteiger partial charge on any atom is -0.478 e. The molecule has 4 nitrogen and oxygen atoms in total. The van der Waals surface area contributed by atoms with E-state index in [-0.39, 0.29) is 0 Å². The van der Waals surface area contributed by atoms with Crippen LogP contribution in [0.2, 0.25) is 0 Å². The fraction of sp³-hybridized carbons (Fsp3) is 0.333. The number of aromatic carboxylic acids is 1. The van der Waals surface area contributed by atoms with Gasteiger partial charge in [-0.05, 0) is 18.9 Å². The summed E-state index contributed by atoms with van der Waals surface area (Å²) in [4.78, 5) is 11.3. The number of aromatic nitrogens is 2. The van der Waals surface area contributed by atoms with Crippen LogP contribution in [0.25, 0.3) is 0 Å². The summed E-state index contributed by atoms with van der Waals surface area (Å²) in [5, 5.41) is 13.8. The third kappa shape index (κ3) is 2.84. The Morgan fingerprint density at radius 3 is 2.58 bits per heavy atom. The average Bonchev–Trinajstić information content (AvgIpc) is 2.68. The molecule has 100 valence electrons. The van der Waals surface area contributed by atoms with Crippen molar-refractivity contribution in [3.63, 3.8) is 0 Å². The Hall–Kier alpha value is -2.10. The second-order valence-corrected chi connectivity index (χ2v) is 4.61. The van der Waals surface area contributed by atoms with Gasteiger partial charge in [-0.1, -0.05) is 43.7 Å². The largest absolute Gasteiger partial charge is 0.478 e. The minimum absolute atomic E-state index is 0.359. The Morgan fingerprint density at radius 2 is 2.00 bits per heavy atom. The van der Waals surface area contributed by atoms with Crippen molar-refractivity contribution in [2.75, 3.05) is 0 Å². The number of hydrogen-bond acceptors (Lipinski definition) is 2. The molecule has 0 aliphatic heterocycles. The van der Waals surface area contributed by atoms with E-state index < -0.39 is 5.97 Å². The van der Waals surface area contributed by atoms with Crippen molar-refractivity contribution in [3.8, 4) is 0 Å². The lowest BCUT2D eigenvalue weighted by molar-refractivity contribution is 0.0695. The highest BCUT2D eigenvalue weighted by molar-refractivity contribution is 5.90. The topological polar surface area (TPSA) is 55.1 Å². The van der Waals surface area contributed by atoms with Gasteiger partial charge in [0.2, 0.25) is 0 Å². The number of carboxylic acids is 1. The molecule has 4 heteroatoms. The second-order valence-electron chi connectivity index (χ2n) is 4.61. The van der Waals surface area contributed by atoms with Gasteiger partial charge in [-0.3, -0.25) is 4.68 Å². The van der Waals surface area contributed by atoms with Gasteiger partial charge in [0.05, 0.1) is 17.9 Å². The SMILES string of the molecule is CCCc1nn(Cc2ccccc2)c(C)c1C(=O)O. The van der Waals surface area contributed by atoms with Gasteiger partial charge < -0.3 is 5.11 Å². The third-order valence-corrected chi connectivity index (χ3v) is 3.15. The summed E-state index contributed by atoms with van der Waals surface area (Å²) < 4.78 is 1.78. The van der Waals surface area contributed by atoms with Crippen molar-refractivity contribution >= 4 is 5.97 Å². The molecule has 19 heavy (non-hydrogen) atoms. The van der Waals surface area contributed by atoms with Gasteiger partial charge in [0, 0.05) is 0 Å². The summed E-state index contributed by atoms with van der Waals surface area (Å²) in [6.07, 6.45) is 1.59. The fourth-order valence-corrected chi connectivity index (χ4v) is 2.21. The normalized spacial score (nSPS) is 10.6. The summed E-state index contributed by atoms with van der Waals surface area (Å²) in [5.41, 5.74) is 2.88. The molecular weight excluding hydrogens is 240 g/mol. The number of hydrogen-bond donors (Lipinski definition) is 1. The monoisotopic (exact) mass is 258 g/mol. The summed E-state index contributed by atoms with van der Waals surface area (Å²) in [5.74, 6) is -0.889. The van der Waals surface area contributed by atoms with Crippen LogP contribution in [0.5, 0.6) is 0 Å².